The second-order valence-corrected chi connectivity index (χ2v) is 11.8. The molecular weight excluding hydrogens is 460 g/mol. The molecule has 0 bridgehead atoms. The predicted octanol–water partition coefficient (Wildman–Crippen LogP) is 3.17. The molecule has 3 aliphatic rings. The van der Waals surface area contributed by atoms with Crippen LogP contribution in [0.4, 0.5) is 0 Å². The van der Waals surface area contributed by atoms with E-state index in [4.69, 9.17) is 9.72 Å². The van der Waals surface area contributed by atoms with Gasteiger partial charge < -0.3 is 13.9 Å². The van der Waals surface area contributed by atoms with Gasteiger partial charge in [-0.25, -0.2) is 13.4 Å². The summed E-state index contributed by atoms with van der Waals surface area (Å²) in [6.07, 6.45) is 4.85. The second-order valence-electron chi connectivity index (χ2n) is 8.94. The minimum absolute atomic E-state index is 0.291. The fourth-order valence-corrected chi connectivity index (χ4v) is 6.92. The van der Waals surface area contributed by atoms with Gasteiger partial charge in [0.15, 0.2) is 5.16 Å². The van der Waals surface area contributed by atoms with Gasteiger partial charge >= 0.3 is 0 Å². The number of imidazole rings is 1. The Morgan fingerprint density at radius 3 is 2.61 bits per heavy atom. The Balaban J connectivity index is 1.28. The van der Waals surface area contributed by atoms with Crippen LogP contribution in [0.2, 0.25) is 0 Å². The zero-order chi connectivity index (χ0) is 22.6. The standard InChI is InChI=1S/C22H28N6O3S2/c1-2-27-19-8-7-17(33(29,30)26-9-11-31-12-10-26)13-18(19)23-20(27)14-32-22-25-24-21(15-3-4-15)28(22)16-5-6-16/h7-8,13,15-16H,2-6,9-12,14H2,1H3. The van der Waals surface area contributed by atoms with Crippen LogP contribution in [0.1, 0.15) is 56.2 Å². The molecule has 1 aliphatic heterocycles. The van der Waals surface area contributed by atoms with Crippen LogP contribution in [0.3, 0.4) is 0 Å². The molecule has 3 fully saturated rings. The smallest absolute Gasteiger partial charge is 0.243 e. The Labute approximate surface area is 197 Å². The van der Waals surface area contributed by atoms with Crippen LogP contribution in [0.25, 0.3) is 11.0 Å². The number of ether oxygens (including phenoxy) is 1. The SMILES string of the molecule is CCn1c(CSc2nnc(C3CC3)n2C2CC2)nc2cc(S(=O)(=O)N3CCOCC3)ccc21. The first-order chi connectivity index (χ1) is 16.1. The van der Waals surface area contributed by atoms with E-state index in [2.05, 4.69) is 26.3 Å². The minimum atomic E-state index is -3.55. The minimum Gasteiger partial charge on any atom is -0.379 e. The number of sulfonamides is 1. The maximum absolute atomic E-state index is 13.1. The molecule has 1 aromatic carbocycles. The summed E-state index contributed by atoms with van der Waals surface area (Å²) in [4.78, 5) is 5.13. The number of aromatic nitrogens is 5. The van der Waals surface area contributed by atoms with Gasteiger partial charge in [-0.1, -0.05) is 11.8 Å². The van der Waals surface area contributed by atoms with Crippen molar-refractivity contribution in [3.05, 3.63) is 29.8 Å². The Morgan fingerprint density at radius 2 is 1.91 bits per heavy atom. The number of thioether (sulfide) groups is 1. The van der Waals surface area contributed by atoms with Crippen LogP contribution in [-0.2, 0) is 27.1 Å². The topological polar surface area (TPSA) is 95.1 Å². The van der Waals surface area contributed by atoms with Crippen molar-refractivity contribution >= 4 is 32.8 Å². The molecule has 2 saturated carbocycles. The largest absolute Gasteiger partial charge is 0.379 e. The van der Waals surface area contributed by atoms with Gasteiger partial charge in [-0.05, 0) is 50.8 Å². The quantitative estimate of drug-likeness (QED) is 0.450. The van der Waals surface area contributed by atoms with E-state index >= 15 is 0 Å². The highest BCUT2D eigenvalue weighted by Gasteiger charge is 2.36. The zero-order valence-corrected chi connectivity index (χ0v) is 20.3. The summed E-state index contributed by atoms with van der Waals surface area (Å²) in [6.45, 7) is 4.49. The van der Waals surface area contributed by atoms with Gasteiger partial charge in [0.05, 0.1) is 34.9 Å². The first kappa shape index (κ1) is 21.6. The number of aryl methyl sites for hydroxylation is 1. The molecule has 0 unspecified atom stereocenters. The normalized spacial score (nSPS) is 20.0. The molecule has 3 aromatic rings. The van der Waals surface area contributed by atoms with E-state index in [1.165, 1.54) is 30.0 Å². The highest BCUT2D eigenvalue weighted by Crippen LogP contribution is 2.46. The fourth-order valence-electron chi connectivity index (χ4n) is 4.53. The van der Waals surface area contributed by atoms with Crippen LogP contribution in [-0.4, -0.2) is 63.3 Å². The average Bonchev–Trinajstić information content (AvgIpc) is 3.77. The Morgan fingerprint density at radius 1 is 1.12 bits per heavy atom. The van der Waals surface area contributed by atoms with E-state index in [1.807, 2.05) is 6.07 Å². The molecule has 9 nitrogen and oxygen atoms in total. The lowest BCUT2D eigenvalue weighted by Crippen LogP contribution is -2.40. The van der Waals surface area contributed by atoms with Gasteiger partial charge in [0.1, 0.15) is 11.6 Å². The molecule has 6 rings (SSSR count). The molecule has 33 heavy (non-hydrogen) atoms. The van der Waals surface area contributed by atoms with E-state index in [0.29, 0.717) is 54.4 Å². The zero-order valence-electron chi connectivity index (χ0n) is 18.7. The number of morpholine rings is 1. The highest BCUT2D eigenvalue weighted by molar-refractivity contribution is 7.98. The molecular formula is C22H28N6O3S2. The first-order valence-electron chi connectivity index (χ1n) is 11.7. The van der Waals surface area contributed by atoms with Gasteiger partial charge in [0.25, 0.3) is 0 Å². The van der Waals surface area contributed by atoms with Crippen molar-refractivity contribution in [2.75, 3.05) is 26.3 Å². The maximum atomic E-state index is 13.1. The molecule has 2 aromatic heterocycles. The molecule has 0 N–H and O–H groups in total. The van der Waals surface area contributed by atoms with Crippen LogP contribution < -0.4 is 0 Å². The van der Waals surface area contributed by atoms with Crippen LogP contribution in [0, 0.1) is 0 Å². The number of benzene rings is 1. The van der Waals surface area contributed by atoms with E-state index in [-0.39, 0.29) is 0 Å². The van der Waals surface area contributed by atoms with Gasteiger partial charge in [0.2, 0.25) is 10.0 Å². The van der Waals surface area contributed by atoms with Crippen molar-refractivity contribution in [3.63, 3.8) is 0 Å². The van der Waals surface area contributed by atoms with Crippen molar-refractivity contribution in [2.45, 2.75) is 66.9 Å². The predicted molar refractivity (Wildman–Crippen MR) is 125 cm³/mol. The van der Waals surface area contributed by atoms with Gasteiger partial charge in [-0.3, -0.25) is 0 Å². The van der Waals surface area contributed by atoms with E-state index in [1.54, 1.807) is 23.9 Å². The van der Waals surface area contributed by atoms with Crippen LogP contribution >= 0.6 is 11.8 Å². The first-order valence-corrected chi connectivity index (χ1v) is 14.1. The lowest BCUT2D eigenvalue weighted by molar-refractivity contribution is 0.0730. The van der Waals surface area contributed by atoms with E-state index in [9.17, 15) is 8.42 Å². The van der Waals surface area contributed by atoms with E-state index in [0.717, 1.165) is 28.9 Å². The maximum Gasteiger partial charge on any atom is 0.243 e. The van der Waals surface area contributed by atoms with Crippen molar-refractivity contribution in [2.24, 2.45) is 0 Å². The summed E-state index contributed by atoms with van der Waals surface area (Å²) in [5.41, 5.74) is 1.67. The molecule has 1 saturated heterocycles. The molecule has 0 amide bonds. The van der Waals surface area contributed by atoms with Crippen LogP contribution in [0.15, 0.2) is 28.3 Å². The summed E-state index contributed by atoms with van der Waals surface area (Å²) < 4.78 is 37.5. The monoisotopic (exact) mass is 488 g/mol. The third-order valence-electron chi connectivity index (χ3n) is 6.60. The Kier molecular flexibility index (Phi) is 5.47. The number of nitrogens with zero attached hydrogens (tertiary/aromatic N) is 6. The summed E-state index contributed by atoms with van der Waals surface area (Å²) in [7, 11) is -3.55. The molecule has 176 valence electrons. The van der Waals surface area contributed by atoms with Gasteiger partial charge in [-0.2, -0.15) is 4.31 Å². The van der Waals surface area contributed by atoms with Gasteiger partial charge in [-0.15, -0.1) is 10.2 Å². The molecule has 2 aliphatic carbocycles. The molecule has 0 spiro atoms. The Bertz CT molecular complexity index is 1290. The number of hydrogen-bond acceptors (Lipinski definition) is 7. The summed E-state index contributed by atoms with van der Waals surface area (Å²) in [5, 5.41) is 9.99. The number of fused-ring (bicyclic) bond motifs is 1. The summed E-state index contributed by atoms with van der Waals surface area (Å²) >= 11 is 1.68. The molecule has 0 radical (unpaired) electrons. The summed E-state index contributed by atoms with van der Waals surface area (Å²) in [6, 6.07) is 5.84. The van der Waals surface area contributed by atoms with Crippen molar-refractivity contribution in [3.8, 4) is 0 Å². The van der Waals surface area contributed by atoms with E-state index < -0.39 is 10.0 Å². The molecule has 0 atom stereocenters. The van der Waals surface area contributed by atoms with Crippen molar-refractivity contribution < 1.29 is 13.2 Å². The Hall–Kier alpha value is -1.95. The van der Waals surface area contributed by atoms with Crippen molar-refractivity contribution in [1.29, 1.82) is 0 Å². The third kappa shape index (κ3) is 3.98. The van der Waals surface area contributed by atoms with Crippen molar-refractivity contribution in [1.82, 2.24) is 28.6 Å². The van der Waals surface area contributed by atoms with Gasteiger partial charge in [0, 0.05) is 31.6 Å². The third-order valence-corrected chi connectivity index (χ3v) is 9.43. The van der Waals surface area contributed by atoms with Crippen LogP contribution in [0.5, 0.6) is 0 Å². The fraction of sp³-hybridized carbons (Fsp3) is 0.591. The number of rotatable bonds is 8. The highest BCUT2D eigenvalue weighted by atomic mass is 32.2. The lowest BCUT2D eigenvalue weighted by atomic mass is 10.3. The summed E-state index contributed by atoms with van der Waals surface area (Å²) in [5.74, 6) is 3.34. The number of hydrogen-bond donors (Lipinski definition) is 0. The molecule has 3 heterocycles. The molecule has 11 heteroatoms. The average molecular weight is 489 g/mol. The second kappa shape index (κ2) is 8.37. The lowest BCUT2D eigenvalue weighted by Gasteiger charge is -2.26.